The maximum Gasteiger partial charge on any atom is 0.105 e. The fourth-order valence-electron chi connectivity index (χ4n) is 9.59. The molecule has 4 saturated heterocycles. The zero-order chi connectivity index (χ0) is 25.3. The first-order valence-electron chi connectivity index (χ1n) is 14.4. The predicted molar refractivity (Wildman–Crippen MR) is 147 cm³/mol. The van der Waals surface area contributed by atoms with Crippen LogP contribution in [0.4, 0.5) is 0 Å². The van der Waals surface area contributed by atoms with E-state index in [1.165, 1.54) is 44.1 Å². The van der Waals surface area contributed by atoms with Crippen molar-refractivity contribution in [2.45, 2.75) is 74.0 Å². The summed E-state index contributed by atoms with van der Waals surface area (Å²) in [5, 5.41) is 2.90. The summed E-state index contributed by atoms with van der Waals surface area (Å²) in [6.07, 6.45) is 7.71. The minimum absolute atomic E-state index is 0.0145. The number of hydrogen-bond acceptors (Lipinski definition) is 4. The maximum absolute atomic E-state index is 6.34. The van der Waals surface area contributed by atoms with E-state index < -0.39 is 0 Å². The van der Waals surface area contributed by atoms with Crippen molar-refractivity contribution in [3.63, 3.8) is 0 Å². The topological polar surface area (TPSA) is 41.4 Å². The first-order chi connectivity index (χ1) is 18.3. The van der Waals surface area contributed by atoms with Gasteiger partial charge in [0.1, 0.15) is 11.2 Å². The molecule has 0 amide bonds. The lowest BCUT2D eigenvalue weighted by molar-refractivity contribution is 0.153. The highest BCUT2D eigenvalue weighted by Gasteiger charge is 2.64. The van der Waals surface area contributed by atoms with Gasteiger partial charge in [0.2, 0.25) is 0 Å². The molecule has 2 aromatic carbocycles. The Hall–Kier alpha value is -2.64. The molecule has 4 aromatic rings. The fourth-order valence-corrected chi connectivity index (χ4v) is 9.59. The molecular formula is C32H34N4O2. The first-order valence-corrected chi connectivity index (χ1v) is 14.4. The van der Waals surface area contributed by atoms with E-state index in [2.05, 4.69) is 95.9 Å². The van der Waals surface area contributed by atoms with Crippen LogP contribution in [-0.4, -0.2) is 81.8 Å². The van der Waals surface area contributed by atoms with Crippen molar-refractivity contribution in [2.75, 3.05) is 27.2 Å². The number of likely N-dealkylation sites (N-methyl/N-ethyl adjacent to an activating group) is 2. The van der Waals surface area contributed by atoms with Gasteiger partial charge in [-0.05, 0) is 75.2 Å². The summed E-state index contributed by atoms with van der Waals surface area (Å²) in [5.41, 5.74) is 8.55. The van der Waals surface area contributed by atoms with Crippen molar-refractivity contribution in [2.24, 2.45) is 0 Å². The van der Waals surface area contributed by atoms with Crippen molar-refractivity contribution in [1.29, 1.82) is 0 Å². The van der Waals surface area contributed by atoms with Crippen LogP contribution in [-0.2, 0) is 22.3 Å². The molecule has 6 heteroatoms. The molecule has 4 fully saturated rings. The van der Waals surface area contributed by atoms with E-state index in [1.54, 1.807) is 0 Å². The second-order valence-corrected chi connectivity index (χ2v) is 13.6. The van der Waals surface area contributed by atoms with E-state index in [0.717, 1.165) is 25.9 Å². The standard InChI is InChI=1S/C32H34N4O2/c1-31-15-33(3)23-11-17-13-35(21-9-5-7-19(25(17)21)27(23)29(31)37-31)36-14-18-12-24-28(20-8-6-10-22(36)26(18)20)30-32(2,38-30)16-34(24)4/h5-10,13-14,23-24,27-30H,11-12,15-16H2,1-4H3/t23-,24-,27+,28+,29-,30-,31+,32+/m1/s1. The SMILES string of the molecule is CN1C[C@]2(C)O[C@@H]2[C@H]2c3cccc4c3c(cn4-n3cc4c5c(cccc53)[C@H]3[C@@H](C4)N(C)C[C@]4(C)O[C@H]34)C[C@H]21. The molecule has 0 N–H and O–H groups in total. The van der Waals surface area contributed by atoms with Gasteiger partial charge < -0.3 is 9.47 Å². The Bertz CT molecular complexity index is 1590. The molecule has 194 valence electrons. The number of likely N-dealkylation sites (tertiary alicyclic amines) is 2. The van der Waals surface area contributed by atoms with Crippen LogP contribution in [0.25, 0.3) is 21.8 Å². The van der Waals surface area contributed by atoms with Crippen LogP contribution in [0.15, 0.2) is 48.8 Å². The summed E-state index contributed by atoms with van der Waals surface area (Å²) in [4.78, 5) is 5.11. The molecule has 2 aliphatic carbocycles. The summed E-state index contributed by atoms with van der Waals surface area (Å²) in [5.74, 6) is 0.894. The molecule has 6 aliphatic rings. The summed E-state index contributed by atoms with van der Waals surface area (Å²) in [6.45, 7) is 6.64. The van der Waals surface area contributed by atoms with Gasteiger partial charge in [-0.25, -0.2) is 0 Å². The normalized spacial score (nSPS) is 40.5. The van der Waals surface area contributed by atoms with Crippen LogP contribution in [0.3, 0.4) is 0 Å². The second-order valence-electron chi connectivity index (χ2n) is 13.6. The Morgan fingerprint density at radius 1 is 0.684 bits per heavy atom. The molecule has 38 heavy (non-hydrogen) atoms. The van der Waals surface area contributed by atoms with Gasteiger partial charge >= 0.3 is 0 Å². The van der Waals surface area contributed by atoms with Crippen molar-refractivity contribution in [1.82, 2.24) is 19.2 Å². The molecule has 0 unspecified atom stereocenters. The third-order valence-corrected chi connectivity index (χ3v) is 11.3. The molecule has 8 atom stereocenters. The van der Waals surface area contributed by atoms with Crippen LogP contribution >= 0.6 is 0 Å². The molecule has 6 nitrogen and oxygen atoms in total. The van der Waals surface area contributed by atoms with Crippen molar-refractivity contribution in [3.8, 4) is 0 Å². The van der Waals surface area contributed by atoms with Crippen LogP contribution in [0.2, 0.25) is 0 Å². The number of piperidine rings is 2. The quantitative estimate of drug-likeness (QED) is 0.364. The van der Waals surface area contributed by atoms with Gasteiger partial charge in [0.15, 0.2) is 0 Å². The Kier molecular flexibility index (Phi) is 3.57. The van der Waals surface area contributed by atoms with Crippen LogP contribution in [0.5, 0.6) is 0 Å². The zero-order valence-corrected chi connectivity index (χ0v) is 22.5. The van der Waals surface area contributed by atoms with E-state index in [1.807, 2.05) is 0 Å². The highest BCUT2D eigenvalue weighted by molar-refractivity contribution is 5.92. The minimum Gasteiger partial charge on any atom is -0.364 e. The number of hydrogen-bond donors (Lipinski definition) is 0. The van der Waals surface area contributed by atoms with E-state index in [0.29, 0.717) is 36.1 Å². The summed E-state index contributed by atoms with van der Waals surface area (Å²) >= 11 is 0. The highest BCUT2D eigenvalue weighted by Crippen LogP contribution is 2.57. The van der Waals surface area contributed by atoms with Gasteiger partial charge in [-0.2, -0.15) is 0 Å². The monoisotopic (exact) mass is 506 g/mol. The molecule has 0 bridgehead atoms. The van der Waals surface area contributed by atoms with Gasteiger partial charge in [0.05, 0.1) is 23.2 Å². The summed E-state index contributed by atoms with van der Waals surface area (Å²) < 4.78 is 17.6. The van der Waals surface area contributed by atoms with Crippen LogP contribution in [0.1, 0.15) is 47.9 Å². The smallest absolute Gasteiger partial charge is 0.105 e. The average Bonchev–Trinajstić information content (AvgIpc) is 3.65. The average molecular weight is 507 g/mol. The summed E-state index contributed by atoms with van der Waals surface area (Å²) in [7, 11) is 4.58. The lowest BCUT2D eigenvalue weighted by Gasteiger charge is -2.42. The molecule has 0 radical (unpaired) electrons. The van der Waals surface area contributed by atoms with Crippen LogP contribution < -0.4 is 0 Å². The number of ether oxygens (including phenoxy) is 2. The highest BCUT2D eigenvalue weighted by atomic mass is 16.6. The third kappa shape index (κ3) is 2.37. The number of rotatable bonds is 1. The maximum atomic E-state index is 6.34. The molecule has 10 rings (SSSR count). The van der Waals surface area contributed by atoms with Gasteiger partial charge in [-0.3, -0.25) is 19.2 Å². The van der Waals surface area contributed by atoms with Gasteiger partial charge in [-0.1, -0.05) is 24.3 Å². The Morgan fingerprint density at radius 3 is 1.58 bits per heavy atom. The van der Waals surface area contributed by atoms with E-state index >= 15 is 0 Å². The molecule has 2 aromatic heterocycles. The third-order valence-electron chi connectivity index (χ3n) is 11.3. The Morgan fingerprint density at radius 2 is 1.13 bits per heavy atom. The first kappa shape index (κ1) is 21.2. The van der Waals surface area contributed by atoms with Crippen molar-refractivity contribution < 1.29 is 9.47 Å². The molecule has 4 aliphatic heterocycles. The number of nitrogens with zero attached hydrogens (tertiary/aromatic N) is 4. The molecule has 6 heterocycles. The molecular weight excluding hydrogens is 472 g/mol. The number of fused-ring (bicyclic) bond motifs is 8. The minimum atomic E-state index is 0.0145. The van der Waals surface area contributed by atoms with E-state index in [4.69, 9.17) is 9.47 Å². The molecule has 0 saturated carbocycles. The number of aromatic nitrogens is 2. The van der Waals surface area contributed by atoms with Crippen molar-refractivity contribution in [3.05, 3.63) is 71.0 Å². The van der Waals surface area contributed by atoms with Crippen molar-refractivity contribution >= 4 is 21.8 Å². The predicted octanol–water partition coefficient (Wildman–Crippen LogP) is 4.13. The zero-order valence-electron chi connectivity index (χ0n) is 22.5. The van der Waals surface area contributed by atoms with Gasteiger partial charge in [0, 0.05) is 60.2 Å². The van der Waals surface area contributed by atoms with Gasteiger partial charge in [0.25, 0.3) is 0 Å². The van der Waals surface area contributed by atoms with E-state index in [-0.39, 0.29) is 11.2 Å². The Balaban J connectivity index is 1.17. The molecule has 0 spiro atoms. The fraction of sp³-hybridized carbons (Fsp3) is 0.500. The van der Waals surface area contributed by atoms with E-state index in [9.17, 15) is 0 Å². The summed E-state index contributed by atoms with van der Waals surface area (Å²) in [6, 6.07) is 14.9. The number of benzene rings is 2. The Labute approximate surface area is 222 Å². The largest absolute Gasteiger partial charge is 0.364 e. The second kappa shape index (κ2) is 6.39. The lowest BCUT2D eigenvalue weighted by atomic mass is 9.73. The van der Waals surface area contributed by atoms with Gasteiger partial charge in [-0.15, -0.1) is 0 Å². The van der Waals surface area contributed by atoms with Crippen LogP contribution in [0, 0.1) is 0 Å². The number of epoxide rings is 2. The lowest BCUT2D eigenvalue weighted by Crippen LogP contribution is -2.51.